The van der Waals surface area contributed by atoms with Crippen molar-refractivity contribution in [1.29, 1.82) is 0 Å². The number of hydrogen-bond donors (Lipinski definition) is 2. The molecule has 0 spiro atoms. The summed E-state index contributed by atoms with van der Waals surface area (Å²) in [5.41, 5.74) is 1.95. The Bertz CT molecular complexity index is 930. The first-order valence-electron chi connectivity index (χ1n) is 8.33. The van der Waals surface area contributed by atoms with Gasteiger partial charge in [-0.3, -0.25) is 4.79 Å². The molecule has 0 aliphatic heterocycles. The minimum Gasteiger partial charge on any atom is -0.497 e. The van der Waals surface area contributed by atoms with E-state index in [2.05, 4.69) is 20.6 Å². The Balaban J connectivity index is 1.68. The van der Waals surface area contributed by atoms with Gasteiger partial charge >= 0.3 is 0 Å². The monoisotopic (exact) mass is 364 g/mol. The molecule has 0 radical (unpaired) electrons. The first kappa shape index (κ1) is 18.2. The molecule has 0 fully saturated rings. The number of rotatable bonds is 7. The lowest BCUT2D eigenvalue weighted by Crippen LogP contribution is -2.24. The molecular formula is C20H20N4O3. The molecule has 7 nitrogen and oxygen atoms in total. The number of methoxy groups -OCH3 is 2. The van der Waals surface area contributed by atoms with E-state index in [9.17, 15) is 4.79 Å². The van der Waals surface area contributed by atoms with Crippen molar-refractivity contribution in [2.45, 2.75) is 6.54 Å². The second-order valence-electron chi connectivity index (χ2n) is 5.64. The summed E-state index contributed by atoms with van der Waals surface area (Å²) < 4.78 is 10.5. The minimum atomic E-state index is -0.294. The number of para-hydroxylation sites is 1. The molecule has 1 amide bonds. The van der Waals surface area contributed by atoms with Crippen molar-refractivity contribution in [3.63, 3.8) is 0 Å². The Hall–Kier alpha value is -3.61. The lowest BCUT2D eigenvalue weighted by atomic mass is 10.2. The van der Waals surface area contributed by atoms with E-state index in [0.29, 0.717) is 12.4 Å². The minimum absolute atomic E-state index is 0.269. The number of nitrogens with one attached hydrogen (secondary N) is 2. The van der Waals surface area contributed by atoms with Crippen molar-refractivity contribution in [3.05, 3.63) is 72.2 Å². The molecule has 3 rings (SSSR count). The van der Waals surface area contributed by atoms with E-state index < -0.39 is 0 Å². The zero-order chi connectivity index (χ0) is 19.1. The van der Waals surface area contributed by atoms with Crippen LogP contribution in [0.15, 0.2) is 60.9 Å². The summed E-state index contributed by atoms with van der Waals surface area (Å²) in [4.78, 5) is 20.6. The maximum absolute atomic E-state index is 12.4. The molecule has 138 valence electrons. The average molecular weight is 364 g/mol. The zero-order valence-corrected chi connectivity index (χ0v) is 15.1. The van der Waals surface area contributed by atoms with E-state index in [1.54, 1.807) is 20.3 Å². The third-order valence-corrected chi connectivity index (χ3v) is 3.87. The fraction of sp³-hybridized carbons (Fsp3) is 0.150. The van der Waals surface area contributed by atoms with E-state index >= 15 is 0 Å². The second-order valence-corrected chi connectivity index (χ2v) is 5.64. The Morgan fingerprint density at radius 1 is 1.00 bits per heavy atom. The lowest BCUT2D eigenvalue weighted by molar-refractivity contribution is 0.0945. The molecule has 1 heterocycles. The van der Waals surface area contributed by atoms with Gasteiger partial charge in [0.2, 0.25) is 0 Å². The normalized spacial score (nSPS) is 10.1. The molecule has 7 heteroatoms. The van der Waals surface area contributed by atoms with Crippen LogP contribution in [-0.2, 0) is 6.54 Å². The first-order chi connectivity index (χ1) is 13.2. The van der Waals surface area contributed by atoms with Crippen molar-refractivity contribution in [2.24, 2.45) is 0 Å². The van der Waals surface area contributed by atoms with Crippen LogP contribution >= 0.6 is 0 Å². The van der Waals surface area contributed by atoms with Gasteiger partial charge in [-0.1, -0.05) is 24.3 Å². The zero-order valence-electron chi connectivity index (χ0n) is 15.1. The molecule has 0 aliphatic carbocycles. The molecule has 0 atom stereocenters. The smallest absolute Gasteiger partial charge is 0.270 e. The van der Waals surface area contributed by atoms with Crippen LogP contribution in [0.4, 0.5) is 11.5 Å². The molecule has 0 bridgehead atoms. The van der Waals surface area contributed by atoms with Crippen LogP contribution in [0.1, 0.15) is 16.1 Å². The molecule has 27 heavy (non-hydrogen) atoms. The summed E-state index contributed by atoms with van der Waals surface area (Å²) >= 11 is 0. The van der Waals surface area contributed by atoms with Gasteiger partial charge in [0.05, 0.1) is 14.2 Å². The highest BCUT2D eigenvalue weighted by atomic mass is 16.5. The molecule has 0 saturated heterocycles. The van der Waals surface area contributed by atoms with Crippen LogP contribution in [0.2, 0.25) is 0 Å². The average Bonchev–Trinajstić information content (AvgIpc) is 2.72. The van der Waals surface area contributed by atoms with E-state index in [4.69, 9.17) is 9.47 Å². The van der Waals surface area contributed by atoms with Crippen molar-refractivity contribution in [3.8, 4) is 11.5 Å². The van der Waals surface area contributed by atoms with E-state index in [1.165, 1.54) is 6.33 Å². The topological polar surface area (TPSA) is 85.4 Å². The van der Waals surface area contributed by atoms with E-state index in [-0.39, 0.29) is 11.6 Å². The SMILES string of the molecule is COc1cccc(Nc2cc(C(=O)NCc3ccccc3OC)ncn2)c1. The molecule has 0 saturated carbocycles. The third-order valence-electron chi connectivity index (χ3n) is 3.87. The molecule has 3 aromatic rings. The maximum atomic E-state index is 12.4. The summed E-state index contributed by atoms with van der Waals surface area (Å²) in [5, 5.41) is 5.98. The van der Waals surface area contributed by atoms with Gasteiger partial charge in [0.15, 0.2) is 0 Å². The predicted octanol–water partition coefficient (Wildman–Crippen LogP) is 3.17. The quantitative estimate of drug-likeness (QED) is 0.670. The fourth-order valence-corrected chi connectivity index (χ4v) is 2.51. The number of carbonyl (C=O) groups excluding carboxylic acids is 1. The summed E-state index contributed by atoms with van der Waals surface area (Å²) in [5.74, 6) is 1.67. The van der Waals surface area contributed by atoms with Crippen molar-refractivity contribution >= 4 is 17.4 Å². The number of anilines is 2. The molecule has 0 aliphatic rings. The van der Waals surface area contributed by atoms with Crippen LogP contribution in [-0.4, -0.2) is 30.1 Å². The van der Waals surface area contributed by atoms with E-state index in [0.717, 1.165) is 22.7 Å². The Morgan fingerprint density at radius 3 is 2.67 bits per heavy atom. The van der Waals surface area contributed by atoms with Crippen LogP contribution in [0.25, 0.3) is 0 Å². The van der Waals surface area contributed by atoms with Gasteiger partial charge in [0.1, 0.15) is 29.3 Å². The predicted molar refractivity (Wildman–Crippen MR) is 102 cm³/mol. The van der Waals surface area contributed by atoms with Crippen LogP contribution in [0.5, 0.6) is 11.5 Å². The Labute approximate surface area is 157 Å². The van der Waals surface area contributed by atoms with Crippen LogP contribution in [0, 0.1) is 0 Å². The fourth-order valence-electron chi connectivity index (χ4n) is 2.51. The Kier molecular flexibility index (Phi) is 5.84. The van der Waals surface area contributed by atoms with Gasteiger partial charge < -0.3 is 20.1 Å². The summed E-state index contributed by atoms with van der Waals surface area (Å²) in [7, 11) is 3.20. The number of carbonyl (C=O) groups is 1. The maximum Gasteiger partial charge on any atom is 0.270 e. The molecule has 1 aromatic heterocycles. The highest BCUT2D eigenvalue weighted by Crippen LogP contribution is 2.20. The number of benzene rings is 2. The molecule has 2 N–H and O–H groups in total. The summed E-state index contributed by atoms with van der Waals surface area (Å²) in [6.07, 6.45) is 1.35. The van der Waals surface area contributed by atoms with Gasteiger partial charge in [0.25, 0.3) is 5.91 Å². The van der Waals surface area contributed by atoms with Gasteiger partial charge in [-0.2, -0.15) is 0 Å². The van der Waals surface area contributed by atoms with Crippen LogP contribution < -0.4 is 20.1 Å². The van der Waals surface area contributed by atoms with E-state index in [1.807, 2.05) is 48.5 Å². The molecule has 2 aromatic carbocycles. The van der Waals surface area contributed by atoms with Crippen molar-refractivity contribution < 1.29 is 14.3 Å². The van der Waals surface area contributed by atoms with Gasteiger partial charge in [-0.05, 0) is 18.2 Å². The largest absolute Gasteiger partial charge is 0.497 e. The van der Waals surface area contributed by atoms with Gasteiger partial charge in [-0.25, -0.2) is 9.97 Å². The number of ether oxygens (including phenoxy) is 2. The van der Waals surface area contributed by atoms with Gasteiger partial charge in [0, 0.05) is 29.9 Å². The number of nitrogens with zero attached hydrogens (tertiary/aromatic N) is 2. The number of hydrogen-bond acceptors (Lipinski definition) is 6. The Morgan fingerprint density at radius 2 is 1.85 bits per heavy atom. The third kappa shape index (κ3) is 4.72. The molecular weight excluding hydrogens is 344 g/mol. The summed E-state index contributed by atoms with van der Waals surface area (Å²) in [6.45, 7) is 0.339. The molecule has 0 unspecified atom stereocenters. The van der Waals surface area contributed by atoms with Crippen molar-refractivity contribution in [2.75, 3.05) is 19.5 Å². The number of amides is 1. The second kappa shape index (κ2) is 8.66. The highest BCUT2D eigenvalue weighted by Gasteiger charge is 2.10. The lowest BCUT2D eigenvalue weighted by Gasteiger charge is -2.10. The summed E-state index contributed by atoms with van der Waals surface area (Å²) in [6, 6.07) is 16.5. The van der Waals surface area contributed by atoms with Gasteiger partial charge in [-0.15, -0.1) is 0 Å². The number of aromatic nitrogens is 2. The first-order valence-corrected chi connectivity index (χ1v) is 8.33. The highest BCUT2D eigenvalue weighted by molar-refractivity contribution is 5.93. The standard InChI is InChI=1S/C20H20N4O3/c1-26-16-8-5-7-15(10-16)24-19-11-17(22-13-23-19)20(25)21-12-14-6-3-4-9-18(14)27-2/h3-11,13H,12H2,1-2H3,(H,21,25)(H,22,23,24). The van der Waals surface area contributed by atoms with Crippen molar-refractivity contribution in [1.82, 2.24) is 15.3 Å². The van der Waals surface area contributed by atoms with Crippen LogP contribution in [0.3, 0.4) is 0 Å².